The van der Waals surface area contributed by atoms with Crippen LogP contribution in [0.15, 0.2) is 5.38 Å². The van der Waals surface area contributed by atoms with Gasteiger partial charge in [0.1, 0.15) is 6.04 Å². The third-order valence-electron chi connectivity index (χ3n) is 2.47. The van der Waals surface area contributed by atoms with Crippen molar-refractivity contribution in [1.82, 2.24) is 4.98 Å². The Balaban J connectivity index is 2.12. The van der Waals surface area contributed by atoms with E-state index in [0.29, 0.717) is 5.69 Å². The van der Waals surface area contributed by atoms with E-state index in [1.807, 2.05) is 0 Å². The lowest BCUT2D eigenvalue weighted by molar-refractivity contribution is -0.138. The Morgan fingerprint density at radius 1 is 1.60 bits per heavy atom. The third-order valence-corrected chi connectivity index (χ3v) is 3.39. The van der Waals surface area contributed by atoms with Crippen molar-refractivity contribution in [1.29, 1.82) is 0 Å². The molecule has 1 atom stereocenters. The Morgan fingerprint density at radius 3 is 2.87 bits per heavy atom. The summed E-state index contributed by atoms with van der Waals surface area (Å²) in [5, 5.41) is 11.4. The number of carboxylic acids is 1. The predicted molar refractivity (Wildman–Crippen MR) is 58.1 cm³/mol. The van der Waals surface area contributed by atoms with Gasteiger partial charge in [0.15, 0.2) is 5.13 Å². The van der Waals surface area contributed by atoms with Crippen molar-refractivity contribution in [3.8, 4) is 0 Å². The van der Waals surface area contributed by atoms with E-state index in [4.69, 9.17) is 10.8 Å². The molecule has 0 aromatic carbocycles. The fraction of sp³-hybridized carbons (Fsp3) is 0.556. The van der Waals surface area contributed by atoms with E-state index in [1.165, 1.54) is 24.2 Å². The van der Waals surface area contributed by atoms with Gasteiger partial charge in [0, 0.05) is 18.5 Å². The van der Waals surface area contributed by atoms with Crippen molar-refractivity contribution < 1.29 is 9.90 Å². The average Bonchev–Trinajstić information content (AvgIpc) is 2.86. The summed E-state index contributed by atoms with van der Waals surface area (Å²) in [4.78, 5) is 17.1. The van der Waals surface area contributed by atoms with Gasteiger partial charge in [-0.05, 0) is 12.8 Å². The number of rotatable bonds is 3. The van der Waals surface area contributed by atoms with E-state index >= 15 is 0 Å². The van der Waals surface area contributed by atoms with E-state index in [1.54, 1.807) is 5.38 Å². The summed E-state index contributed by atoms with van der Waals surface area (Å²) < 4.78 is 0. The number of nitrogens with two attached hydrogens (primary N) is 1. The summed E-state index contributed by atoms with van der Waals surface area (Å²) in [6, 6.07) is -1.00. The number of carboxylic acid groups (broad SMARTS) is 1. The highest BCUT2D eigenvalue weighted by atomic mass is 32.1. The van der Waals surface area contributed by atoms with Crippen molar-refractivity contribution in [3.05, 3.63) is 11.1 Å². The zero-order valence-electron chi connectivity index (χ0n) is 8.22. The highest BCUT2D eigenvalue weighted by molar-refractivity contribution is 7.13. The molecule has 1 fully saturated rings. The monoisotopic (exact) mass is 227 g/mol. The van der Waals surface area contributed by atoms with Crippen LogP contribution < -0.4 is 10.6 Å². The highest BCUT2D eigenvalue weighted by Crippen LogP contribution is 2.26. The number of hydrogen-bond donors (Lipinski definition) is 2. The lowest BCUT2D eigenvalue weighted by atomic mass is 10.2. The van der Waals surface area contributed by atoms with E-state index in [0.717, 1.165) is 18.2 Å². The molecule has 0 bridgehead atoms. The minimum atomic E-state index is -1.03. The van der Waals surface area contributed by atoms with Gasteiger partial charge in [0.25, 0.3) is 0 Å². The molecule has 1 aromatic rings. The summed E-state index contributed by atoms with van der Waals surface area (Å²) in [7, 11) is 0. The second-order valence-corrected chi connectivity index (χ2v) is 4.40. The Bertz CT molecular complexity index is 360. The number of thiazole rings is 1. The van der Waals surface area contributed by atoms with Crippen LogP contribution in [0.4, 0.5) is 5.13 Å². The second-order valence-electron chi connectivity index (χ2n) is 3.57. The molecule has 0 radical (unpaired) electrons. The molecule has 2 rings (SSSR count). The maximum atomic E-state index is 10.7. The first-order valence-corrected chi connectivity index (χ1v) is 5.75. The molecule has 1 unspecified atom stereocenters. The molecular weight excluding hydrogens is 214 g/mol. The van der Waals surface area contributed by atoms with E-state index in [2.05, 4.69) is 9.88 Å². The quantitative estimate of drug-likeness (QED) is 0.799. The predicted octanol–water partition coefficient (Wildman–Crippen LogP) is 0.828. The van der Waals surface area contributed by atoms with Crippen LogP contribution in [0.25, 0.3) is 0 Å². The molecule has 0 saturated carbocycles. The fourth-order valence-corrected chi connectivity index (χ4v) is 2.51. The maximum absolute atomic E-state index is 10.7. The smallest absolute Gasteiger partial charge is 0.326 e. The number of anilines is 1. The SMILES string of the molecule is NC(C(=O)O)c1csc(N2CCCC2)n1. The minimum Gasteiger partial charge on any atom is -0.480 e. The number of carbonyl (C=O) groups is 1. The van der Waals surface area contributed by atoms with Crippen LogP contribution in [0.5, 0.6) is 0 Å². The first-order valence-electron chi connectivity index (χ1n) is 4.87. The van der Waals surface area contributed by atoms with Crippen LogP contribution in [0.2, 0.25) is 0 Å². The lowest BCUT2D eigenvalue weighted by Gasteiger charge is -2.12. The largest absolute Gasteiger partial charge is 0.480 e. The van der Waals surface area contributed by atoms with Crippen LogP contribution in [0.1, 0.15) is 24.6 Å². The average molecular weight is 227 g/mol. The van der Waals surface area contributed by atoms with Crippen LogP contribution in [0.3, 0.4) is 0 Å². The molecule has 1 saturated heterocycles. The van der Waals surface area contributed by atoms with Gasteiger partial charge in [-0.15, -0.1) is 11.3 Å². The number of hydrogen-bond acceptors (Lipinski definition) is 5. The van der Waals surface area contributed by atoms with Gasteiger partial charge < -0.3 is 15.7 Å². The molecule has 15 heavy (non-hydrogen) atoms. The van der Waals surface area contributed by atoms with Crippen molar-refractivity contribution in [3.63, 3.8) is 0 Å². The van der Waals surface area contributed by atoms with Crippen molar-refractivity contribution in [2.45, 2.75) is 18.9 Å². The zero-order valence-corrected chi connectivity index (χ0v) is 9.04. The Hall–Kier alpha value is -1.14. The molecule has 1 aliphatic heterocycles. The molecule has 0 aliphatic carbocycles. The molecule has 6 heteroatoms. The molecular formula is C9H13N3O2S. The molecule has 5 nitrogen and oxygen atoms in total. The topological polar surface area (TPSA) is 79.5 Å². The van der Waals surface area contributed by atoms with Crippen LogP contribution >= 0.6 is 11.3 Å². The standard InChI is InChI=1S/C9H13N3O2S/c10-7(8(13)14)6-5-15-9(11-6)12-3-1-2-4-12/h5,7H,1-4,10H2,(H,13,14). The van der Waals surface area contributed by atoms with Crippen molar-refractivity contribution in [2.75, 3.05) is 18.0 Å². The summed E-state index contributed by atoms with van der Waals surface area (Å²) in [6.07, 6.45) is 2.36. The first kappa shape index (κ1) is 10.4. The van der Waals surface area contributed by atoms with Crippen LogP contribution in [-0.4, -0.2) is 29.1 Å². The number of nitrogens with zero attached hydrogens (tertiary/aromatic N) is 2. The lowest BCUT2D eigenvalue weighted by Crippen LogP contribution is -2.22. The fourth-order valence-electron chi connectivity index (χ4n) is 1.60. The normalized spacial score (nSPS) is 18.1. The third kappa shape index (κ3) is 2.10. The van der Waals surface area contributed by atoms with Gasteiger partial charge in [-0.2, -0.15) is 0 Å². The van der Waals surface area contributed by atoms with Gasteiger partial charge in [0.2, 0.25) is 0 Å². The number of aliphatic carboxylic acids is 1. The van der Waals surface area contributed by atoms with Gasteiger partial charge in [0.05, 0.1) is 5.69 Å². The van der Waals surface area contributed by atoms with Crippen molar-refractivity contribution in [2.24, 2.45) is 5.73 Å². The molecule has 0 spiro atoms. The van der Waals surface area contributed by atoms with E-state index in [-0.39, 0.29) is 0 Å². The molecule has 1 aliphatic rings. The summed E-state index contributed by atoms with van der Waals surface area (Å²) >= 11 is 1.46. The maximum Gasteiger partial charge on any atom is 0.326 e. The van der Waals surface area contributed by atoms with Gasteiger partial charge in [-0.25, -0.2) is 4.98 Å². The van der Waals surface area contributed by atoms with Gasteiger partial charge in [-0.1, -0.05) is 0 Å². The van der Waals surface area contributed by atoms with E-state index < -0.39 is 12.0 Å². The number of aromatic nitrogens is 1. The highest BCUT2D eigenvalue weighted by Gasteiger charge is 2.21. The summed E-state index contributed by atoms with van der Waals surface area (Å²) in [5.74, 6) is -1.03. The minimum absolute atomic E-state index is 0.453. The molecule has 0 amide bonds. The molecule has 2 heterocycles. The Kier molecular flexibility index (Phi) is 2.88. The molecule has 1 aromatic heterocycles. The van der Waals surface area contributed by atoms with Crippen LogP contribution in [-0.2, 0) is 4.79 Å². The Labute approximate surface area is 91.5 Å². The Morgan fingerprint density at radius 2 is 2.27 bits per heavy atom. The summed E-state index contributed by atoms with van der Waals surface area (Å²) in [5.41, 5.74) is 5.93. The zero-order chi connectivity index (χ0) is 10.8. The molecule has 82 valence electrons. The van der Waals surface area contributed by atoms with Gasteiger partial charge in [-0.3, -0.25) is 4.79 Å². The second kappa shape index (κ2) is 4.16. The van der Waals surface area contributed by atoms with Crippen LogP contribution in [0, 0.1) is 0 Å². The molecule has 3 N–H and O–H groups in total. The first-order chi connectivity index (χ1) is 7.18. The summed E-state index contributed by atoms with van der Waals surface area (Å²) in [6.45, 7) is 2.02. The van der Waals surface area contributed by atoms with E-state index in [9.17, 15) is 4.79 Å². The van der Waals surface area contributed by atoms with Gasteiger partial charge >= 0.3 is 5.97 Å². The van der Waals surface area contributed by atoms with Crippen molar-refractivity contribution >= 4 is 22.4 Å².